The van der Waals surface area contributed by atoms with E-state index in [0.717, 1.165) is 25.8 Å². The summed E-state index contributed by atoms with van der Waals surface area (Å²) in [7, 11) is 0. The van der Waals surface area contributed by atoms with Gasteiger partial charge >= 0.3 is 0 Å². The Morgan fingerprint density at radius 1 is 1.36 bits per heavy atom. The van der Waals surface area contributed by atoms with Crippen molar-refractivity contribution in [3.63, 3.8) is 0 Å². The van der Waals surface area contributed by atoms with Crippen LogP contribution in [0.2, 0.25) is 0 Å². The highest BCUT2D eigenvalue weighted by Gasteiger charge is 2.50. The summed E-state index contributed by atoms with van der Waals surface area (Å²) >= 11 is 0. The molecule has 1 N–H and O–H groups in total. The summed E-state index contributed by atoms with van der Waals surface area (Å²) < 4.78 is 24.8. The van der Waals surface area contributed by atoms with Crippen LogP contribution in [0.25, 0.3) is 0 Å². The molecule has 1 saturated heterocycles. The molecule has 2 aliphatic rings. The van der Waals surface area contributed by atoms with Gasteiger partial charge in [-0.25, -0.2) is 8.78 Å². The molecule has 64 valence electrons. The largest absolute Gasteiger partial charge is 0.316 e. The molecular weight excluding hydrogens is 148 g/mol. The van der Waals surface area contributed by atoms with Gasteiger partial charge in [-0.1, -0.05) is 6.42 Å². The predicted octanol–water partition coefficient (Wildman–Crippen LogP) is 1.64. The highest BCUT2D eigenvalue weighted by Crippen LogP contribution is 2.50. The molecule has 3 heteroatoms. The van der Waals surface area contributed by atoms with Crippen LogP contribution in [0.15, 0.2) is 0 Å². The van der Waals surface area contributed by atoms with E-state index in [2.05, 4.69) is 5.32 Å². The van der Waals surface area contributed by atoms with E-state index in [9.17, 15) is 8.78 Å². The SMILES string of the molecule is FC(F)C1CNCC12CCC2. The Hall–Kier alpha value is -0.180. The third-order valence-corrected chi connectivity index (χ3v) is 3.28. The van der Waals surface area contributed by atoms with Crippen molar-refractivity contribution < 1.29 is 8.78 Å². The molecule has 1 aliphatic heterocycles. The molecule has 1 nitrogen and oxygen atoms in total. The summed E-state index contributed by atoms with van der Waals surface area (Å²) in [5, 5.41) is 3.07. The Balaban J connectivity index is 2.07. The van der Waals surface area contributed by atoms with Gasteiger partial charge in [0.2, 0.25) is 6.43 Å². The maximum atomic E-state index is 12.4. The maximum Gasteiger partial charge on any atom is 0.243 e. The monoisotopic (exact) mass is 161 g/mol. The second kappa shape index (κ2) is 2.41. The summed E-state index contributed by atoms with van der Waals surface area (Å²) in [4.78, 5) is 0. The molecule has 1 aliphatic carbocycles. The lowest BCUT2D eigenvalue weighted by atomic mass is 9.63. The zero-order valence-electron chi connectivity index (χ0n) is 6.45. The van der Waals surface area contributed by atoms with Crippen LogP contribution in [0.5, 0.6) is 0 Å². The fraction of sp³-hybridized carbons (Fsp3) is 1.00. The van der Waals surface area contributed by atoms with E-state index in [1.807, 2.05) is 0 Å². The Morgan fingerprint density at radius 2 is 2.09 bits per heavy atom. The van der Waals surface area contributed by atoms with Crippen molar-refractivity contribution in [3.8, 4) is 0 Å². The zero-order chi connectivity index (χ0) is 7.90. The smallest absolute Gasteiger partial charge is 0.243 e. The van der Waals surface area contributed by atoms with Gasteiger partial charge in [0.1, 0.15) is 0 Å². The normalized spacial score (nSPS) is 34.6. The maximum absolute atomic E-state index is 12.4. The second-order valence-electron chi connectivity index (χ2n) is 3.79. The first-order chi connectivity index (χ1) is 5.25. The van der Waals surface area contributed by atoms with Crippen LogP contribution in [0.3, 0.4) is 0 Å². The van der Waals surface area contributed by atoms with Crippen LogP contribution >= 0.6 is 0 Å². The van der Waals surface area contributed by atoms with Gasteiger partial charge in [-0.2, -0.15) is 0 Å². The van der Waals surface area contributed by atoms with Crippen molar-refractivity contribution >= 4 is 0 Å². The lowest BCUT2D eigenvalue weighted by molar-refractivity contribution is -0.0182. The molecule has 0 aromatic heterocycles. The van der Waals surface area contributed by atoms with Crippen molar-refractivity contribution in [2.45, 2.75) is 25.7 Å². The van der Waals surface area contributed by atoms with Gasteiger partial charge in [-0.15, -0.1) is 0 Å². The van der Waals surface area contributed by atoms with Gasteiger partial charge in [-0.05, 0) is 18.3 Å². The molecule has 1 atom stereocenters. The third-order valence-electron chi connectivity index (χ3n) is 3.28. The molecule has 1 unspecified atom stereocenters. The lowest BCUT2D eigenvalue weighted by Crippen LogP contribution is -2.40. The fourth-order valence-corrected chi connectivity index (χ4v) is 2.36. The predicted molar refractivity (Wildman–Crippen MR) is 38.6 cm³/mol. The molecule has 0 amide bonds. The van der Waals surface area contributed by atoms with Gasteiger partial charge in [0.25, 0.3) is 0 Å². The second-order valence-corrected chi connectivity index (χ2v) is 3.79. The molecule has 0 aromatic carbocycles. The van der Waals surface area contributed by atoms with Crippen molar-refractivity contribution in [1.82, 2.24) is 5.32 Å². The minimum atomic E-state index is -2.12. The minimum Gasteiger partial charge on any atom is -0.316 e. The van der Waals surface area contributed by atoms with E-state index in [1.54, 1.807) is 0 Å². The van der Waals surface area contributed by atoms with E-state index in [1.165, 1.54) is 0 Å². The van der Waals surface area contributed by atoms with Crippen LogP contribution in [0.4, 0.5) is 8.78 Å². The van der Waals surface area contributed by atoms with Crippen LogP contribution < -0.4 is 5.32 Å². The van der Waals surface area contributed by atoms with Gasteiger partial charge in [-0.3, -0.25) is 0 Å². The number of hydrogen-bond donors (Lipinski definition) is 1. The summed E-state index contributed by atoms with van der Waals surface area (Å²) in [6.45, 7) is 1.35. The molecule has 0 aromatic rings. The van der Waals surface area contributed by atoms with Crippen LogP contribution in [0.1, 0.15) is 19.3 Å². The van der Waals surface area contributed by atoms with Crippen LogP contribution in [-0.2, 0) is 0 Å². The molecule has 0 bridgehead atoms. The van der Waals surface area contributed by atoms with E-state index in [0.29, 0.717) is 6.54 Å². The van der Waals surface area contributed by atoms with Crippen molar-refractivity contribution in [3.05, 3.63) is 0 Å². The number of halogens is 2. The van der Waals surface area contributed by atoms with Gasteiger partial charge in [0.15, 0.2) is 0 Å². The average Bonchev–Trinajstić information content (AvgIpc) is 2.27. The lowest BCUT2D eigenvalue weighted by Gasteiger charge is -2.42. The number of nitrogens with one attached hydrogen (secondary N) is 1. The van der Waals surface area contributed by atoms with E-state index >= 15 is 0 Å². The summed E-state index contributed by atoms with van der Waals surface area (Å²) in [5.74, 6) is -0.365. The summed E-state index contributed by atoms with van der Waals surface area (Å²) in [5.41, 5.74) is -0.00579. The summed E-state index contributed by atoms with van der Waals surface area (Å²) in [6, 6.07) is 0. The summed E-state index contributed by atoms with van der Waals surface area (Å²) in [6.07, 6.45) is 1.04. The topological polar surface area (TPSA) is 12.0 Å². The third kappa shape index (κ3) is 0.975. The number of hydrogen-bond acceptors (Lipinski definition) is 1. The standard InChI is InChI=1S/C8H13F2N/c9-7(10)6-4-11-5-8(6)2-1-3-8/h6-7,11H,1-5H2. The number of rotatable bonds is 1. The molecule has 11 heavy (non-hydrogen) atoms. The Labute approximate surface area is 65.2 Å². The van der Waals surface area contributed by atoms with Crippen molar-refractivity contribution in [2.24, 2.45) is 11.3 Å². The minimum absolute atomic E-state index is 0.00579. The average molecular weight is 161 g/mol. The van der Waals surface area contributed by atoms with Crippen molar-refractivity contribution in [2.75, 3.05) is 13.1 Å². The molecule has 1 saturated carbocycles. The molecule has 2 rings (SSSR count). The van der Waals surface area contributed by atoms with Crippen LogP contribution in [-0.4, -0.2) is 19.5 Å². The Kier molecular flexibility index (Phi) is 1.63. The van der Waals surface area contributed by atoms with E-state index < -0.39 is 6.43 Å². The quantitative estimate of drug-likeness (QED) is 0.616. The first kappa shape index (κ1) is 7.47. The highest BCUT2D eigenvalue weighted by molar-refractivity contribution is 5.00. The van der Waals surface area contributed by atoms with E-state index in [4.69, 9.17) is 0 Å². The van der Waals surface area contributed by atoms with Crippen molar-refractivity contribution in [1.29, 1.82) is 0 Å². The van der Waals surface area contributed by atoms with Gasteiger partial charge in [0.05, 0.1) is 0 Å². The highest BCUT2D eigenvalue weighted by atomic mass is 19.3. The van der Waals surface area contributed by atoms with Gasteiger partial charge < -0.3 is 5.32 Å². The first-order valence-corrected chi connectivity index (χ1v) is 4.23. The zero-order valence-corrected chi connectivity index (χ0v) is 6.45. The first-order valence-electron chi connectivity index (χ1n) is 4.23. The molecule has 1 heterocycles. The Morgan fingerprint density at radius 3 is 2.45 bits per heavy atom. The molecule has 1 spiro atoms. The molecular formula is C8H13F2N. The van der Waals surface area contributed by atoms with Crippen LogP contribution in [0, 0.1) is 11.3 Å². The Bertz CT molecular complexity index is 154. The van der Waals surface area contributed by atoms with Gasteiger partial charge in [0, 0.05) is 19.0 Å². The van der Waals surface area contributed by atoms with E-state index in [-0.39, 0.29) is 11.3 Å². The fourth-order valence-electron chi connectivity index (χ4n) is 2.36. The number of alkyl halides is 2. The molecule has 0 radical (unpaired) electrons. The molecule has 2 fully saturated rings.